The van der Waals surface area contributed by atoms with E-state index >= 15 is 0 Å². The Morgan fingerprint density at radius 1 is 0.947 bits per heavy atom. The molecule has 0 fully saturated rings. The fourth-order valence-electron chi connectivity index (χ4n) is 1.87. The number of carbonyl (C=O) groups excluding carboxylic acids is 1. The molecule has 0 bridgehead atoms. The zero-order valence-corrected chi connectivity index (χ0v) is 9.69. The van der Waals surface area contributed by atoms with E-state index in [1.54, 1.807) is 24.3 Å². The number of carbonyl (C=O) groups is 1. The van der Waals surface area contributed by atoms with Crippen LogP contribution in [0.1, 0.15) is 16.1 Å². The maximum absolute atomic E-state index is 13.1. The van der Waals surface area contributed by atoms with E-state index in [-0.39, 0.29) is 11.3 Å². The minimum atomic E-state index is -1.05. The van der Waals surface area contributed by atoms with Crippen LogP contribution in [0.3, 0.4) is 0 Å². The molecule has 2 aromatic carbocycles. The maximum atomic E-state index is 13.1. The van der Waals surface area contributed by atoms with Crippen molar-refractivity contribution < 1.29 is 18.0 Å². The highest BCUT2D eigenvalue weighted by molar-refractivity contribution is 6.08. The van der Waals surface area contributed by atoms with Crippen LogP contribution in [0.5, 0.6) is 0 Å². The van der Waals surface area contributed by atoms with Gasteiger partial charge in [-0.05, 0) is 30.3 Å². The molecule has 4 heteroatoms. The molecule has 1 heterocycles. The zero-order valence-electron chi connectivity index (χ0n) is 9.69. The number of halogens is 2. The summed E-state index contributed by atoms with van der Waals surface area (Å²) < 4.78 is 31.3. The van der Waals surface area contributed by atoms with Crippen LogP contribution in [0.4, 0.5) is 8.78 Å². The molecule has 94 valence electrons. The fraction of sp³-hybridized carbons (Fsp3) is 0. The van der Waals surface area contributed by atoms with Crippen LogP contribution in [-0.2, 0) is 0 Å². The number of rotatable bonds is 2. The molecular weight excluding hydrogens is 250 g/mol. The van der Waals surface area contributed by atoms with Crippen molar-refractivity contribution in [1.29, 1.82) is 0 Å². The first kappa shape index (κ1) is 11.6. The lowest BCUT2D eigenvalue weighted by Crippen LogP contribution is -2.00. The van der Waals surface area contributed by atoms with Crippen LogP contribution in [0.25, 0.3) is 11.0 Å². The lowest BCUT2D eigenvalue weighted by atomic mass is 10.1. The highest BCUT2D eigenvalue weighted by atomic mass is 19.2. The first-order chi connectivity index (χ1) is 9.15. The molecule has 3 rings (SSSR count). The van der Waals surface area contributed by atoms with Crippen LogP contribution in [-0.4, -0.2) is 5.78 Å². The van der Waals surface area contributed by atoms with Crippen molar-refractivity contribution in [1.82, 2.24) is 0 Å². The van der Waals surface area contributed by atoms with Crippen molar-refractivity contribution in [3.63, 3.8) is 0 Å². The Hall–Kier alpha value is -2.49. The average molecular weight is 258 g/mol. The zero-order chi connectivity index (χ0) is 13.4. The number of hydrogen-bond donors (Lipinski definition) is 0. The minimum absolute atomic E-state index is 0.0537. The van der Waals surface area contributed by atoms with E-state index in [2.05, 4.69) is 0 Å². The normalized spacial score (nSPS) is 10.8. The van der Waals surface area contributed by atoms with Crippen LogP contribution in [0.2, 0.25) is 0 Å². The molecule has 0 spiro atoms. The molecule has 0 saturated carbocycles. The quantitative estimate of drug-likeness (QED) is 0.652. The van der Waals surface area contributed by atoms with Gasteiger partial charge in [-0.15, -0.1) is 0 Å². The Bertz CT molecular complexity index is 742. The molecule has 0 amide bonds. The van der Waals surface area contributed by atoms with E-state index < -0.39 is 17.4 Å². The summed E-state index contributed by atoms with van der Waals surface area (Å²) >= 11 is 0. The summed E-state index contributed by atoms with van der Waals surface area (Å²) in [4.78, 5) is 12.1. The molecule has 0 aliphatic rings. The summed E-state index contributed by atoms with van der Waals surface area (Å²) in [5, 5.41) is 0.786. The second kappa shape index (κ2) is 4.31. The molecule has 0 N–H and O–H groups in total. The number of para-hydroxylation sites is 1. The van der Waals surface area contributed by atoms with Gasteiger partial charge in [-0.2, -0.15) is 0 Å². The van der Waals surface area contributed by atoms with Gasteiger partial charge in [0.15, 0.2) is 17.4 Å². The third kappa shape index (κ3) is 2.01. The van der Waals surface area contributed by atoms with Gasteiger partial charge in [0.05, 0.1) is 0 Å². The highest BCUT2D eigenvalue weighted by Crippen LogP contribution is 2.21. The standard InChI is InChI=1S/C15H8F2O2/c16-11-6-5-10(7-12(11)17)15(18)14-8-9-3-1-2-4-13(9)19-14/h1-8H. The predicted molar refractivity (Wildman–Crippen MR) is 66.0 cm³/mol. The second-order valence-corrected chi connectivity index (χ2v) is 4.11. The Balaban J connectivity index is 2.05. The van der Waals surface area contributed by atoms with Crippen LogP contribution >= 0.6 is 0 Å². The lowest BCUT2D eigenvalue weighted by Gasteiger charge is -1.98. The van der Waals surface area contributed by atoms with E-state index in [0.29, 0.717) is 5.58 Å². The summed E-state index contributed by atoms with van der Waals surface area (Å²) in [5.74, 6) is -2.41. The van der Waals surface area contributed by atoms with E-state index in [4.69, 9.17) is 4.42 Å². The maximum Gasteiger partial charge on any atom is 0.228 e. The van der Waals surface area contributed by atoms with Crippen molar-refractivity contribution in [2.24, 2.45) is 0 Å². The van der Waals surface area contributed by atoms with E-state index in [9.17, 15) is 13.6 Å². The van der Waals surface area contributed by atoms with Crippen LogP contribution in [0, 0.1) is 11.6 Å². The van der Waals surface area contributed by atoms with Gasteiger partial charge in [0.2, 0.25) is 5.78 Å². The molecule has 19 heavy (non-hydrogen) atoms. The van der Waals surface area contributed by atoms with Gasteiger partial charge in [0.25, 0.3) is 0 Å². The van der Waals surface area contributed by atoms with Gasteiger partial charge in [-0.3, -0.25) is 4.79 Å². The third-order valence-electron chi connectivity index (χ3n) is 2.83. The van der Waals surface area contributed by atoms with Crippen molar-refractivity contribution in [2.75, 3.05) is 0 Å². The minimum Gasteiger partial charge on any atom is -0.453 e. The number of furan rings is 1. The van der Waals surface area contributed by atoms with Gasteiger partial charge in [-0.1, -0.05) is 18.2 Å². The summed E-state index contributed by atoms with van der Waals surface area (Å²) in [6.45, 7) is 0. The van der Waals surface area contributed by atoms with Crippen LogP contribution < -0.4 is 0 Å². The Kier molecular flexibility index (Phi) is 2.63. The predicted octanol–water partition coefficient (Wildman–Crippen LogP) is 3.94. The van der Waals surface area contributed by atoms with Crippen molar-refractivity contribution >= 4 is 16.8 Å². The second-order valence-electron chi connectivity index (χ2n) is 4.11. The smallest absolute Gasteiger partial charge is 0.228 e. The number of hydrogen-bond acceptors (Lipinski definition) is 2. The Morgan fingerprint density at radius 3 is 2.47 bits per heavy atom. The topological polar surface area (TPSA) is 30.2 Å². The first-order valence-corrected chi connectivity index (χ1v) is 5.63. The fourth-order valence-corrected chi connectivity index (χ4v) is 1.87. The summed E-state index contributed by atoms with van der Waals surface area (Å²) in [5.41, 5.74) is 0.631. The molecule has 0 aliphatic carbocycles. The van der Waals surface area contributed by atoms with E-state index in [1.165, 1.54) is 6.07 Å². The molecular formula is C15H8F2O2. The summed E-state index contributed by atoms with van der Waals surface area (Å²) in [6.07, 6.45) is 0. The highest BCUT2D eigenvalue weighted by Gasteiger charge is 2.16. The summed E-state index contributed by atoms with van der Waals surface area (Å²) in [7, 11) is 0. The van der Waals surface area contributed by atoms with Crippen molar-refractivity contribution in [2.45, 2.75) is 0 Å². The molecule has 0 aliphatic heterocycles. The molecule has 2 nitrogen and oxygen atoms in total. The Labute approximate surface area is 107 Å². The van der Waals surface area contributed by atoms with Crippen LogP contribution in [0.15, 0.2) is 52.9 Å². The molecule has 0 saturated heterocycles. The van der Waals surface area contributed by atoms with Gasteiger partial charge in [0, 0.05) is 10.9 Å². The van der Waals surface area contributed by atoms with E-state index in [1.807, 2.05) is 6.07 Å². The van der Waals surface area contributed by atoms with E-state index in [0.717, 1.165) is 17.5 Å². The molecule has 0 atom stereocenters. The first-order valence-electron chi connectivity index (χ1n) is 5.63. The van der Waals surface area contributed by atoms with Crippen molar-refractivity contribution in [3.05, 3.63) is 71.5 Å². The van der Waals surface area contributed by atoms with Gasteiger partial charge in [-0.25, -0.2) is 8.78 Å². The lowest BCUT2D eigenvalue weighted by molar-refractivity contribution is 0.101. The SMILES string of the molecule is O=C(c1ccc(F)c(F)c1)c1cc2ccccc2o1. The molecule has 0 unspecified atom stereocenters. The monoisotopic (exact) mass is 258 g/mol. The van der Waals surface area contributed by atoms with Gasteiger partial charge in [0.1, 0.15) is 5.58 Å². The third-order valence-corrected chi connectivity index (χ3v) is 2.83. The average Bonchev–Trinajstić information content (AvgIpc) is 2.85. The number of benzene rings is 2. The van der Waals surface area contributed by atoms with Gasteiger partial charge >= 0.3 is 0 Å². The molecule has 1 aromatic heterocycles. The molecule has 0 radical (unpaired) electrons. The number of fused-ring (bicyclic) bond motifs is 1. The largest absolute Gasteiger partial charge is 0.453 e. The molecule has 3 aromatic rings. The summed E-state index contributed by atoms with van der Waals surface area (Å²) in [6, 6.07) is 11.8. The van der Waals surface area contributed by atoms with Gasteiger partial charge < -0.3 is 4.42 Å². The Morgan fingerprint density at radius 2 is 1.74 bits per heavy atom. The number of ketones is 1. The van der Waals surface area contributed by atoms with Crippen molar-refractivity contribution in [3.8, 4) is 0 Å².